The molecule has 2 aliphatic carbocycles. The Morgan fingerprint density at radius 2 is 1.82 bits per heavy atom. The number of rotatable bonds is 2. The standard InChI is InChI=1S/C15H16OS/c16-14-10-15(13-9-5-4-8-12(13)14)17-11-6-2-1-3-7-11/h1-3,6-7,15H,4-5,8-10H2. The van der Waals surface area contributed by atoms with Crippen molar-refractivity contribution in [2.24, 2.45) is 0 Å². The Balaban J connectivity index is 1.81. The smallest absolute Gasteiger partial charge is 0.160 e. The van der Waals surface area contributed by atoms with E-state index in [1.54, 1.807) is 0 Å². The Hall–Kier alpha value is -1.02. The number of thioether (sulfide) groups is 1. The minimum absolute atomic E-state index is 0.410. The Morgan fingerprint density at radius 1 is 1.06 bits per heavy atom. The van der Waals surface area contributed by atoms with Crippen molar-refractivity contribution in [3.8, 4) is 0 Å². The van der Waals surface area contributed by atoms with Crippen molar-refractivity contribution in [3.05, 3.63) is 41.5 Å². The topological polar surface area (TPSA) is 17.1 Å². The normalized spacial score (nSPS) is 24.0. The van der Waals surface area contributed by atoms with Crippen molar-refractivity contribution in [1.82, 2.24) is 0 Å². The molecule has 0 N–H and O–H groups in total. The van der Waals surface area contributed by atoms with E-state index < -0.39 is 0 Å². The zero-order valence-corrected chi connectivity index (χ0v) is 10.6. The average molecular weight is 244 g/mol. The van der Waals surface area contributed by atoms with E-state index >= 15 is 0 Å². The summed E-state index contributed by atoms with van der Waals surface area (Å²) >= 11 is 1.86. The molecule has 1 atom stereocenters. The lowest BCUT2D eigenvalue weighted by Crippen LogP contribution is -2.04. The summed E-state index contributed by atoms with van der Waals surface area (Å²) in [7, 11) is 0. The van der Waals surface area contributed by atoms with Crippen molar-refractivity contribution >= 4 is 17.5 Å². The van der Waals surface area contributed by atoms with Gasteiger partial charge >= 0.3 is 0 Å². The lowest BCUT2D eigenvalue weighted by atomic mass is 9.94. The third-order valence-electron chi connectivity index (χ3n) is 3.63. The second kappa shape index (κ2) is 4.69. The first kappa shape index (κ1) is 11.1. The number of ketones is 1. The fraction of sp³-hybridized carbons (Fsp3) is 0.400. The summed E-state index contributed by atoms with van der Waals surface area (Å²) < 4.78 is 0. The maximum Gasteiger partial charge on any atom is 0.160 e. The molecule has 0 saturated heterocycles. The van der Waals surface area contributed by atoms with Crippen LogP contribution in [0, 0.1) is 0 Å². The van der Waals surface area contributed by atoms with Crippen LogP contribution in [-0.2, 0) is 4.79 Å². The molecule has 3 rings (SSSR count). The molecule has 0 amide bonds. The van der Waals surface area contributed by atoms with Crippen LogP contribution >= 0.6 is 11.8 Å². The van der Waals surface area contributed by atoms with Crippen molar-refractivity contribution in [3.63, 3.8) is 0 Å². The molecule has 17 heavy (non-hydrogen) atoms. The van der Waals surface area contributed by atoms with E-state index in [9.17, 15) is 4.79 Å². The largest absolute Gasteiger partial charge is 0.294 e. The highest BCUT2D eigenvalue weighted by atomic mass is 32.2. The summed E-state index contributed by atoms with van der Waals surface area (Å²) in [6.07, 6.45) is 5.36. The number of allylic oxidation sites excluding steroid dienone is 1. The third kappa shape index (κ3) is 2.19. The van der Waals surface area contributed by atoms with Gasteiger partial charge in [-0.3, -0.25) is 4.79 Å². The van der Waals surface area contributed by atoms with E-state index in [0.29, 0.717) is 11.0 Å². The van der Waals surface area contributed by atoms with Crippen LogP contribution in [0.15, 0.2) is 46.4 Å². The number of Topliss-reactive ketones (excluding diaryl/α,β-unsaturated/α-hetero) is 1. The molecule has 0 spiro atoms. The number of hydrogen-bond acceptors (Lipinski definition) is 2. The number of carbonyl (C=O) groups is 1. The zero-order valence-electron chi connectivity index (χ0n) is 9.82. The Kier molecular flexibility index (Phi) is 3.06. The van der Waals surface area contributed by atoms with Gasteiger partial charge in [-0.2, -0.15) is 0 Å². The molecule has 0 fully saturated rings. The molecule has 0 radical (unpaired) electrons. The lowest BCUT2D eigenvalue weighted by Gasteiger charge is -2.18. The maximum atomic E-state index is 11.9. The van der Waals surface area contributed by atoms with Gasteiger partial charge in [0.05, 0.1) is 0 Å². The van der Waals surface area contributed by atoms with Crippen LogP contribution < -0.4 is 0 Å². The highest BCUT2D eigenvalue weighted by Crippen LogP contribution is 2.43. The minimum atomic E-state index is 0.410. The lowest BCUT2D eigenvalue weighted by molar-refractivity contribution is -0.115. The quantitative estimate of drug-likeness (QED) is 0.782. The highest BCUT2D eigenvalue weighted by Gasteiger charge is 2.33. The molecule has 2 aliphatic rings. The molecule has 2 heteroatoms. The van der Waals surface area contributed by atoms with Crippen LogP contribution in [-0.4, -0.2) is 11.0 Å². The van der Waals surface area contributed by atoms with E-state index in [2.05, 4.69) is 24.3 Å². The molecule has 0 heterocycles. The van der Waals surface area contributed by atoms with Gasteiger partial charge in [0.15, 0.2) is 5.78 Å². The van der Waals surface area contributed by atoms with Crippen LogP contribution in [0.25, 0.3) is 0 Å². The predicted octanol–water partition coefficient (Wildman–Crippen LogP) is 3.99. The van der Waals surface area contributed by atoms with Crippen LogP contribution in [0.2, 0.25) is 0 Å². The van der Waals surface area contributed by atoms with E-state index in [1.807, 2.05) is 17.8 Å². The molecule has 1 aromatic rings. The van der Waals surface area contributed by atoms with Gasteiger partial charge in [-0.25, -0.2) is 0 Å². The molecule has 88 valence electrons. The van der Waals surface area contributed by atoms with E-state index in [1.165, 1.54) is 28.9 Å². The first-order valence-corrected chi connectivity index (χ1v) is 7.19. The average Bonchev–Trinajstić information content (AvgIpc) is 2.69. The van der Waals surface area contributed by atoms with Gasteiger partial charge in [-0.05, 0) is 49.0 Å². The van der Waals surface area contributed by atoms with Gasteiger partial charge in [-0.1, -0.05) is 18.2 Å². The fourth-order valence-electron chi connectivity index (χ4n) is 2.79. The van der Waals surface area contributed by atoms with E-state index in [4.69, 9.17) is 0 Å². The van der Waals surface area contributed by atoms with Crippen LogP contribution in [0.4, 0.5) is 0 Å². The predicted molar refractivity (Wildman–Crippen MR) is 71.2 cm³/mol. The zero-order chi connectivity index (χ0) is 11.7. The molecule has 0 saturated carbocycles. The van der Waals surface area contributed by atoms with Crippen molar-refractivity contribution in [2.75, 3.05) is 0 Å². The summed E-state index contributed by atoms with van der Waals surface area (Å²) in [5.41, 5.74) is 2.62. The van der Waals surface area contributed by atoms with Crippen LogP contribution in [0.1, 0.15) is 32.1 Å². The molecule has 0 bridgehead atoms. The van der Waals surface area contributed by atoms with Gasteiger partial charge in [-0.15, -0.1) is 11.8 Å². The van der Waals surface area contributed by atoms with E-state index in [-0.39, 0.29) is 0 Å². The van der Waals surface area contributed by atoms with Crippen molar-refractivity contribution in [1.29, 1.82) is 0 Å². The molecule has 1 unspecified atom stereocenters. The summed E-state index contributed by atoms with van der Waals surface area (Å²) in [6, 6.07) is 10.4. The first-order chi connectivity index (χ1) is 8.34. The molecule has 0 aliphatic heterocycles. The SMILES string of the molecule is O=C1CC(Sc2ccccc2)C2=C1CCCC2. The Bertz CT molecular complexity index is 461. The summed E-state index contributed by atoms with van der Waals surface area (Å²) in [5.74, 6) is 0.410. The van der Waals surface area contributed by atoms with Gasteiger partial charge in [0.25, 0.3) is 0 Å². The molecular weight excluding hydrogens is 228 g/mol. The summed E-state index contributed by atoms with van der Waals surface area (Å²) in [5, 5.41) is 0.417. The second-order valence-electron chi connectivity index (χ2n) is 4.76. The van der Waals surface area contributed by atoms with Gasteiger partial charge in [0.2, 0.25) is 0 Å². The fourth-order valence-corrected chi connectivity index (χ4v) is 4.07. The van der Waals surface area contributed by atoms with E-state index in [0.717, 1.165) is 19.3 Å². The second-order valence-corrected chi connectivity index (χ2v) is 6.03. The van der Waals surface area contributed by atoms with Crippen LogP contribution in [0.5, 0.6) is 0 Å². The Morgan fingerprint density at radius 3 is 2.65 bits per heavy atom. The van der Waals surface area contributed by atoms with Crippen LogP contribution in [0.3, 0.4) is 0 Å². The highest BCUT2D eigenvalue weighted by molar-refractivity contribution is 8.00. The van der Waals surface area contributed by atoms with Gasteiger partial charge in [0, 0.05) is 16.6 Å². The molecular formula is C15H16OS. The Labute approximate surface area is 106 Å². The summed E-state index contributed by atoms with van der Waals surface area (Å²) in [4.78, 5) is 13.2. The first-order valence-electron chi connectivity index (χ1n) is 6.31. The number of benzene rings is 1. The summed E-state index contributed by atoms with van der Waals surface area (Å²) in [6.45, 7) is 0. The molecule has 1 aromatic carbocycles. The van der Waals surface area contributed by atoms with Gasteiger partial charge in [0.1, 0.15) is 0 Å². The van der Waals surface area contributed by atoms with Gasteiger partial charge < -0.3 is 0 Å². The third-order valence-corrected chi connectivity index (χ3v) is 4.91. The number of carbonyl (C=O) groups excluding carboxylic acids is 1. The van der Waals surface area contributed by atoms with Crippen molar-refractivity contribution in [2.45, 2.75) is 42.2 Å². The molecule has 0 aromatic heterocycles. The van der Waals surface area contributed by atoms with Crippen molar-refractivity contribution < 1.29 is 4.79 Å². The monoisotopic (exact) mass is 244 g/mol. The number of hydrogen-bond donors (Lipinski definition) is 0. The maximum absolute atomic E-state index is 11.9. The minimum Gasteiger partial charge on any atom is -0.294 e. The molecule has 1 nitrogen and oxygen atoms in total.